The summed E-state index contributed by atoms with van der Waals surface area (Å²) in [7, 11) is 0. The van der Waals surface area contributed by atoms with Gasteiger partial charge in [-0.1, -0.05) is 6.07 Å². The van der Waals surface area contributed by atoms with Crippen LogP contribution in [0.15, 0.2) is 29.4 Å². The topological polar surface area (TPSA) is 31.4 Å². The Morgan fingerprint density at radius 2 is 2.20 bits per heavy atom. The van der Waals surface area contributed by atoms with Gasteiger partial charge in [-0.15, -0.1) is 11.8 Å². The molecule has 0 N–H and O–H groups in total. The van der Waals surface area contributed by atoms with E-state index in [0.717, 1.165) is 36.8 Å². The summed E-state index contributed by atoms with van der Waals surface area (Å²) >= 11 is 1.74. The van der Waals surface area contributed by atoms with E-state index in [-0.39, 0.29) is 6.29 Å². The zero-order valence-electron chi connectivity index (χ0n) is 8.59. The summed E-state index contributed by atoms with van der Waals surface area (Å²) in [6.07, 6.45) is 3.76. The molecule has 0 aliphatic carbocycles. The minimum Gasteiger partial charge on any atom is -0.353 e. The smallest absolute Gasteiger partial charge is 0.158 e. The quantitative estimate of drug-likeness (QED) is 0.736. The molecule has 0 bridgehead atoms. The molecule has 0 spiro atoms. The van der Waals surface area contributed by atoms with Gasteiger partial charge >= 0.3 is 0 Å². The summed E-state index contributed by atoms with van der Waals surface area (Å²) in [5.41, 5.74) is 0. The van der Waals surface area contributed by atoms with Crippen LogP contribution in [0.5, 0.6) is 0 Å². The van der Waals surface area contributed by atoms with Gasteiger partial charge in [0.2, 0.25) is 0 Å². The Balaban J connectivity index is 1.66. The van der Waals surface area contributed by atoms with E-state index in [0.29, 0.717) is 0 Å². The Kier molecular flexibility index (Phi) is 4.44. The Labute approximate surface area is 94.2 Å². The van der Waals surface area contributed by atoms with Crippen molar-refractivity contribution < 1.29 is 9.47 Å². The van der Waals surface area contributed by atoms with E-state index in [2.05, 4.69) is 4.98 Å². The van der Waals surface area contributed by atoms with Crippen molar-refractivity contribution in [3.8, 4) is 0 Å². The second kappa shape index (κ2) is 6.10. The van der Waals surface area contributed by atoms with Crippen LogP contribution in [0.4, 0.5) is 0 Å². The van der Waals surface area contributed by atoms with Crippen molar-refractivity contribution in [1.82, 2.24) is 4.98 Å². The zero-order valence-corrected chi connectivity index (χ0v) is 9.41. The van der Waals surface area contributed by atoms with Crippen LogP contribution in [0.3, 0.4) is 0 Å². The third kappa shape index (κ3) is 3.81. The first-order chi connectivity index (χ1) is 7.45. The molecule has 2 rings (SSSR count). The predicted molar refractivity (Wildman–Crippen MR) is 59.9 cm³/mol. The van der Waals surface area contributed by atoms with Crippen molar-refractivity contribution in [3.05, 3.63) is 24.4 Å². The number of hydrogen-bond donors (Lipinski definition) is 0. The summed E-state index contributed by atoms with van der Waals surface area (Å²) < 4.78 is 10.9. The standard InChI is InChI=1S/C11H15NO2S/c1-2-6-12-10(4-1)15-9-5-11-13-7-3-8-14-11/h1-2,4,6,11H,3,5,7-9H2. The van der Waals surface area contributed by atoms with Gasteiger partial charge in [0.05, 0.1) is 18.2 Å². The molecule has 3 nitrogen and oxygen atoms in total. The van der Waals surface area contributed by atoms with Gasteiger partial charge in [-0.05, 0) is 18.6 Å². The summed E-state index contributed by atoms with van der Waals surface area (Å²) in [5.74, 6) is 0.988. The average molecular weight is 225 g/mol. The molecule has 82 valence electrons. The molecule has 1 aromatic rings. The Morgan fingerprint density at radius 3 is 2.93 bits per heavy atom. The molecule has 15 heavy (non-hydrogen) atoms. The molecule has 1 fully saturated rings. The van der Waals surface area contributed by atoms with Gasteiger partial charge in [0.1, 0.15) is 0 Å². The largest absolute Gasteiger partial charge is 0.353 e. The molecular formula is C11H15NO2S. The summed E-state index contributed by atoms with van der Waals surface area (Å²) in [5, 5.41) is 1.06. The third-order valence-corrected chi connectivity index (χ3v) is 3.11. The van der Waals surface area contributed by atoms with Crippen LogP contribution in [0.25, 0.3) is 0 Å². The summed E-state index contributed by atoms with van der Waals surface area (Å²) in [4.78, 5) is 4.24. The summed E-state index contributed by atoms with van der Waals surface area (Å²) in [6, 6.07) is 5.95. The van der Waals surface area contributed by atoms with Crippen molar-refractivity contribution in [2.75, 3.05) is 19.0 Å². The van der Waals surface area contributed by atoms with E-state index < -0.39 is 0 Å². The summed E-state index contributed by atoms with van der Waals surface area (Å²) in [6.45, 7) is 1.66. The van der Waals surface area contributed by atoms with E-state index in [1.165, 1.54) is 0 Å². The minimum atomic E-state index is -0.00466. The van der Waals surface area contributed by atoms with Crippen LogP contribution in [-0.2, 0) is 9.47 Å². The predicted octanol–water partition coefficient (Wildman–Crippen LogP) is 2.33. The molecule has 4 heteroatoms. The highest BCUT2D eigenvalue weighted by atomic mass is 32.2. The van der Waals surface area contributed by atoms with Crippen LogP contribution in [-0.4, -0.2) is 30.2 Å². The van der Waals surface area contributed by atoms with Crippen molar-refractivity contribution in [2.45, 2.75) is 24.2 Å². The molecule has 0 amide bonds. The van der Waals surface area contributed by atoms with Gasteiger partial charge in [-0.2, -0.15) is 0 Å². The number of aromatic nitrogens is 1. The molecule has 1 aliphatic heterocycles. The molecule has 0 atom stereocenters. The number of thioether (sulfide) groups is 1. The number of pyridine rings is 1. The molecule has 0 saturated carbocycles. The van der Waals surface area contributed by atoms with Crippen LogP contribution in [0.1, 0.15) is 12.8 Å². The van der Waals surface area contributed by atoms with Gasteiger partial charge in [0, 0.05) is 18.4 Å². The SMILES string of the molecule is c1ccc(SCCC2OCCCO2)nc1. The second-order valence-corrected chi connectivity index (χ2v) is 4.45. The van der Waals surface area contributed by atoms with Crippen LogP contribution >= 0.6 is 11.8 Å². The van der Waals surface area contributed by atoms with Gasteiger partial charge in [-0.25, -0.2) is 4.98 Å². The minimum absolute atomic E-state index is 0.00466. The molecule has 1 aromatic heterocycles. The fraction of sp³-hybridized carbons (Fsp3) is 0.545. The highest BCUT2D eigenvalue weighted by molar-refractivity contribution is 7.99. The number of nitrogens with zero attached hydrogens (tertiary/aromatic N) is 1. The lowest BCUT2D eigenvalue weighted by molar-refractivity contribution is -0.178. The van der Waals surface area contributed by atoms with E-state index in [4.69, 9.17) is 9.47 Å². The maximum absolute atomic E-state index is 5.46. The zero-order chi connectivity index (χ0) is 10.3. The van der Waals surface area contributed by atoms with E-state index >= 15 is 0 Å². The van der Waals surface area contributed by atoms with Crippen LogP contribution in [0, 0.1) is 0 Å². The average Bonchev–Trinajstić information content (AvgIpc) is 2.32. The Morgan fingerprint density at radius 1 is 1.33 bits per heavy atom. The van der Waals surface area contributed by atoms with Crippen molar-refractivity contribution in [1.29, 1.82) is 0 Å². The van der Waals surface area contributed by atoms with Crippen molar-refractivity contribution in [3.63, 3.8) is 0 Å². The second-order valence-electron chi connectivity index (χ2n) is 3.33. The van der Waals surface area contributed by atoms with Gasteiger partial charge in [0.25, 0.3) is 0 Å². The molecule has 0 aromatic carbocycles. The van der Waals surface area contributed by atoms with Crippen molar-refractivity contribution >= 4 is 11.8 Å². The molecule has 1 saturated heterocycles. The van der Waals surface area contributed by atoms with E-state index in [1.807, 2.05) is 24.4 Å². The van der Waals surface area contributed by atoms with Crippen LogP contribution < -0.4 is 0 Å². The molecule has 0 unspecified atom stereocenters. The third-order valence-electron chi connectivity index (χ3n) is 2.14. The first kappa shape index (κ1) is 10.9. The monoisotopic (exact) mass is 225 g/mol. The Hall–Kier alpha value is -0.580. The Bertz CT molecular complexity index is 275. The highest BCUT2D eigenvalue weighted by Gasteiger charge is 2.13. The maximum Gasteiger partial charge on any atom is 0.158 e. The van der Waals surface area contributed by atoms with E-state index in [9.17, 15) is 0 Å². The number of ether oxygens (including phenoxy) is 2. The van der Waals surface area contributed by atoms with Crippen LogP contribution in [0.2, 0.25) is 0 Å². The first-order valence-electron chi connectivity index (χ1n) is 5.22. The highest BCUT2D eigenvalue weighted by Crippen LogP contribution is 2.18. The van der Waals surface area contributed by atoms with Gasteiger partial charge in [0.15, 0.2) is 6.29 Å². The normalized spacial score (nSPS) is 17.9. The lowest BCUT2D eigenvalue weighted by Gasteiger charge is -2.22. The number of rotatable bonds is 4. The fourth-order valence-electron chi connectivity index (χ4n) is 1.40. The van der Waals surface area contributed by atoms with Gasteiger partial charge < -0.3 is 9.47 Å². The first-order valence-corrected chi connectivity index (χ1v) is 6.21. The molecule has 2 heterocycles. The lowest BCUT2D eigenvalue weighted by Crippen LogP contribution is -2.25. The van der Waals surface area contributed by atoms with Gasteiger partial charge in [-0.3, -0.25) is 0 Å². The fourth-order valence-corrected chi connectivity index (χ4v) is 2.23. The maximum atomic E-state index is 5.46. The molecule has 0 radical (unpaired) electrons. The number of hydrogen-bond acceptors (Lipinski definition) is 4. The lowest BCUT2D eigenvalue weighted by atomic mass is 10.4. The van der Waals surface area contributed by atoms with Crippen molar-refractivity contribution in [2.24, 2.45) is 0 Å². The van der Waals surface area contributed by atoms with E-state index in [1.54, 1.807) is 11.8 Å². The molecular weight excluding hydrogens is 210 g/mol. The molecule has 1 aliphatic rings.